The third kappa shape index (κ3) is 2.72. The molecule has 0 aliphatic carbocycles. The van der Waals surface area contributed by atoms with Crippen molar-refractivity contribution in [3.63, 3.8) is 0 Å². The van der Waals surface area contributed by atoms with Crippen LogP contribution >= 0.6 is 0 Å². The van der Waals surface area contributed by atoms with E-state index in [0.717, 1.165) is 16.3 Å². The van der Waals surface area contributed by atoms with Crippen LogP contribution in [-0.2, 0) is 6.61 Å². The van der Waals surface area contributed by atoms with E-state index in [1.165, 1.54) is 16.3 Å². The SMILES string of the molecule is Cc1ccc2ccccc2c1COc1ccc2c(c1)oc(=O)c1ccccc12. The highest BCUT2D eigenvalue weighted by atomic mass is 16.5. The lowest BCUT2D eigenvalue weighted by atomic mass is 10.0. The van der Waals surface area contributed by atoms with Crippen molar-refractivity contribution >= 4 is 32.5 Å². The van der Waals surface area contributed by atoms with E-state index >= 15 is 0 Å². The van der Waals surface area contributed by atoms with Gasteiger partial charge in [-0.05, 0) is 46.8 Å². The fraction of sp³-hybridized carbons (Fsp3) is 0.0800. The molecule has 0 saturated carbocycles. The monoisotopic (exact) mass is 366 g/mol. The number of benzene rings is 4. The van der Waals surface area contributed by atoms with Crippen molar-refractivity contribution in [1.82, 2.24) is 0 Å². The van der Waals surface area contributed by atoms with Gasteiger partial charge in [0.1, 0.15) is 17.9 Å². The van der Waals surface area contributed by atoms with Gasteiger partial charge < -0.3 is 9.15 Å². The largest absolute Gasteiger partial charge is 0.489 e. The summed E-state index contributed by atoms with van der Waals surface area (Å²) >= 11 is 0. The van der Waals surface area contributed by atoms with E-state index < -0.39 is 0 Å². The molecule has 0 N–H and O–H groups in total. The Hall–Kier alpha value is -3.59. The van der Waals surface area contributed by atoms with Crippen LogP contribution in [0.25, 0.3) is 32.5 Å². The third-order valence-corrected chi connectivity index (χ3v) is 5.25. The van der Waals surface area contributed by atoms with Gasteiger partial charge >= 0.3 is 5.63 Å². The summed E-state index contributed by atoms with van der Waals surface area (Å²) in [4.78, 5) is 12.3. The normalized spacial score (nSPS) is 11.3. The van der Waals surface area contributed by atoms with Gasteiger partial charge in [0.2, 0.25) is 0 Å². The summed E-state index contributed by atoms with van der Waals surface area (Å²) in [6.07, 6.45) is 0. The van der Waals surface area contributed by atoms with Gasteiger partial charge in [-0.1, -0.05) is 54.6 Å². The van der Waals surface area contributed by atoms with E-state index in [0.29, 0.717) is 23.3 Å². The smallest absolute Gasteiger partial charge is 0.344 e. The molecule has 0 saturated heterocycles. The molecule has 0 bridgehead atoms. The van der Waals surface area contributed by atoms with E-state index in [4.69, 9.17) is 9.15 Å². The van der Waals surface area contributed by atoms with Crippen LogP contribution in [-0.4, -0.2) is 0 Å². The van der Waals surface area contributed by atoms with Crippen molar-refractivity contribution in [1.29, 1.82) is 0 Å². The molecule has 1 heterocycles. The first kappa shape index (κ1) is 16.6. The molecule has 3 heteroatoms. The molecule has 136 valence electrons. The van der Waals surface area contributed by atoms with Crippen LogP contribution in [0, 0.1) is 6.92 Å². The van der Waals surface area contributed by atoms with Crippen molar-refractivity contribution in [2.24, 2.45) is 0 Å². The zero-order valence-electron chi connectivity index (χ0n) is 15.4. The third-order valence-electron chi connectivity index (χ3n) is 5.25. The second-order valence-corrected chi connectivity index (χ2v) is 6.96. The lowest BCUT2D eigenvalue weighted by molar-refractivity contribution is 0.307. The summed E-state index contributed by atoms with van der Waals surface area (Å²) in [6, 6.07) is 25.7. The van der Waals surface area contributed by atoms with Crippen LogP contribution in [0.2, 0.25) is 0 Å². The number of rotatable bonds is 3. The fourth-order valence-corrected chi connectivity index (χ4v) is 3.74. The summed E-state index contributed by atoms with van der Waals surface area (Å²) in [5, 5.41) is 4.78. The van der Waals surface area contributed by atoms with Crippen LogP contribution < -0.4 is 10.4 Å². The lowest BCUT2D eigenvalue weighted by Crippen LogP contribution is -2.01. The molecule has 0 radical (unpaired) electrons. The molecule has 0 amide bonds. The Labute approximate surface area is 161 Å². The zero-order valence-corrected chi connectivity index (χ0v) is 15.4. The molecule has 0 spiro atoms. The van der Waals surface area contributed by atoms with Gasteiger partial charge in [0, 0.05) is 17.0 Å². The van der Waals surface area contributed by atoms with Crippen LogP contribution in [0.4, 0.5) is 0 Å². The Morgan fingerprint density at radius 3 is 2.39 bits per heavy atom. The molecular formula is C25H18O3. The number of fused-ring (bicyclic) bond motifs is 4. The highest BCUT2D eigenvalue weighted by molar-refractivity contribution is 6.04. The Morgan fingerprint density at radius 1 is 0.786 bits per heavy atom. The van der Waals surface area contributed by atoms with Crippen LogP contribution in [0.5, 0.6) is 5.75 Å². The molecule has 4 aromatic carbocycles. The maximum atomic E-state index is 12.3. The van der Waals surface area contributed by atoms with Crippen LogP contribution in [0.3, 0.4) is 0 Å². The summed E-state index contributed by atoms with van der Waals surface area (Å²) in [5.74, 6) is 0.679. The average molecular weight is 366 g/mol. The highest BCUT2D eigenvalue weighted by Crippen LogP contribution is 2.28. The van der Waals surface area contributed by atoms with E-state index in [-0.39, 0.29) is 5.63 Å². The maximum Gasteiger partial charge on any atom is 0.344 e. The van der Waals surface area contributed by atoms with Gasteiger partial charge in [-0.3, -0.25) is 0 Å². The minimum Gasteiger partial charge on any atom is -0.489 e. The van der Waals surface area contributed by atoms with Gasteiger partial charge in [-0.2, -0.15) is 0 Å². The van der Waals surface area contributed by atoms with Crippen molar-refractivity contribution in [2.75, 3.05) is 0 Å². The van der Waals surface area contributed by atoms with Crippen molar-refractivity contribution < 1.29 is 9.15 Å². The summed E-state index contributed by atoms with van der Waals surface area (Å²) in [7, 11) is 0. The molecule has 5 aromatic rings. The average Bonchev–Trinajstić information content (AvgIpc) is 2.73. The van der Waals surface area contributed by atoms with E-state index in [9.17, 15) is 4.79 Å². The summed E-state index contributed by atoms with van der Waals surface area (Å²) in [5.41, 5.74) is 2.57. The minimum atomic E-state index is -0.329. The van der Waals surface area contributed by atoms with Gasteiger partial charge in [-0.15, -0.1) is 0 Å². The topological polar surface area (TPSA) is 39.4 Å². The van der Waals surface area contributed by atoms with E-state index in [1.807, 2.05) is 42.5 Å². The van der Waals surface area contributed by atoms with Gasteiger partial charge in [0.15, 0.2) is 0 Å². The first-order valence-electron chi connectivity index (χ1n) is 9.26. The van der Waals surface area contributed by atoms with E-state index in [1.54, 1.807) is 12.1 Å². The first-order valence-corrected chi connectivity index (χ1v) is 9.26. The zero-order chi connectivity index (χ0) is 19.1. The van der Waals surface area contributed by atoms with Crippen molar-refractivity contribution in [2.45, 2.75) is 13.5 Å². The van der Waals surface area contributed by atoms with E-state index in [2.05, 4.69) is 31.2 Å². The van der Waals surface area contributed by atoms with Crippen molar-refractivity contribution in [3.8, 4) is 5.75 Å². The predicted molar refractivity (Wildman–Crippen MR) is 113 cm³/mol. The van der Waals surface area contributed by atoms with Crippen LogP contribution in [0.15, 0.2) is 88.1 Å². The van der Waals surface area contributed by atoms with Gasteiger partial charge in [0.25, 0.3) is 0 Å². The minimum absolute atomic E-state index is 0.329. The fourth-order valence-electron chi connectivity index (χ4n) is 3.74. The standard InChI is InChI=1S/C25H18O3/c1-16-10-11-17-6-2-3-7-19(17)23(16)15-27-18-12-13-21-20-8-4-5-9-22(20)25(26)28-24(21)14-18/h2-14H,15H2,1H3. The molecule has 0 fully saturated rings. The molecule has 5 rings (SSSR count). The van der Waals surface area contributed by atoms with Gasteiger partial charge in [-0.25, -0.2) is 4.79 Å². The molecule has 0 unspecified atom stereocenters. The number of hydrogen-bond donors (Lipinski definition) is 0. The molecule has 1 aromatic heterocycles. The predicted octanol–water partition coefficient (Wildman–Crippen LogP) is 5.99. The van der Waals surface area contributed by atoms with Crippen molar-refractivity contribution in [3.05, 3.63) is 100 Å². The number of ether oxygens (including phenoxy) is 1. The lowest BCUT2D eigenvalue weighted by Gasteiger charge is -2.12. The number of aryl methyl sites for hydroxylation is 1. The number of hydrogen-bond acceptors (Lipinski definition) is 3. The Balaban J connectivity index is 1.54. The Morgan fingerprint density at radius 2 is 1.54 bits per heavy atom. The quantitative estimate of drug-likeness (QED) is 0.291. The molecule has 28 heavy (non-hydrogen) atoms. The molecule has 0 aliphatic heterocycles. The maximum absolute atomic E-state index is 12.3. The second-order valence-electron chi connectivity index (χ2n) is 6.96. The Bertz CT molecular complexity index is 1400. The molecule has 3 nitrogen and oxygen atoms in total. The molecule has 0 atom stereocenters. The summed E-state index contributed by atoms with van der Waals surface area (Å²) in [6.45, 7) is 2.55. The highest BCUT2D eigenvalue weighted by Gasteiger charge is 2.09. The Kier molecular flexibility index (Phi) is 3.87. The van der Waals surface area contributed by atoms with Gasteiger partial charge in [0.05, 0.1) is 5.39 Å². The second kappa shape index (κ2) is 6.54. The van der Waals surface area contributed by atoms with Crippen LogP contribution in [0.1, 0.15) is 11.1 Å². The molecule has 0 aliphatic rings. The summed E-state index contributed by atoms with van der Waals surface area (Å²) < 4.78 is 11.6. The molecular weight excluding hydrogens is 348 g/mol. The first-order chi connectivity index (χ1) is 13.7.